The van der Waals surface area contributed by atoms with Gasteiger partial charge < -0.3 is 20.5 Å². The van der Waals surface area contributed by atoms with Gasteiger partial charge >= 0.3 is 0 Å². The first-order chi connectivity index (χ1) is 13.7. The second-order valence-corrected chi connectivity index (χ2v) is 6.33. The molecule has 0 spiro atoms. The third-order valence-electron chi connectivity index (χ3n) is 4.30. The third-order valence-corrected chi connectivity index (χ3v) is 4.30. The normalized spacial score (nSPS) is 11.4. The summed E-state index contributed by atoms with van der Waals surface area (Å²) in [5.74, 6) is -0.113. The molecular weight excluding hydrogens is 357 g/mol. The molecule has 0 unspecified atom stereocenters. The van der Waals surface area contributed by atoms with Crippen LogP contribution in [0.25, 0.3) is 10.9 Å². The smallest absolute Gasteiger partial charge is 0.243 e. The van der Waals surface area contributed by atoms with Crippen LogP contribution in [-0.2, 0) is 11.3 Å². The Kier molecular flexibility index (Phi) is 6.62. The second kappa shape index (κ2) is 9.55. The Morgan fingerprint density at radius 2 is 1.96 bits per heavy atom. The van der Waals surface area contributed by atoms with Crippen LogP contribution in [0.2, 0.25) is 0 Å². The number of nitrogens with zero attached hydrogens (tertiary/aromatic N) is 2. The van der Waals surface area contributed by atoms with Crippen molar-refractivity contribution < 1.29 is 9.18 Å². The highest BCUT2D eigenvalue weighted by molar-refractivity contribution is 5.94. The van der Waals surface area contributed by atoms with Gasteiger partial charge in [0.05, 0.1) is 6.54 Å². The molecule has 28 heavy (non-hydrogen) atoms. The van der Waals surface area contributed by atoms with E-state index in [0.717, 1.165) is 19.5 Å². The van der Waals surface area contributed by atoms with E-state index in [1.165, 1.54) is 23.0 Å². The van der Waals surface area contributed by atoms with Gasteiger partial charge in [0.25, 0.3) is 0 Å². The van der Waals surface area contributed by atoms with E-state index in [2.05, 4.69) is 49.9 Å². The lowest BCUT2D eigenvalue weighted by Crippen LogP contribution is -2.41. The number of aliphatic imine (C=N–C) groups is 1. The van der Waals surface area contributed by atoms with Gasteiger partial charge in [-0.2, -0.15) is 0 Å². The molecule has 7 heteroatoms. The van der Waals surface area contributed by atoms with Gasteiger partial charge in [0.1, 0.15) is 5.82 Å². The van der Waals surface area contributed by atoms with Crippen LogP contribution >= 0.6 is 0 Å². The van der Waals surface area contributed by atoms with E-state index in [4.69, 9.17) is 0 Å². The lowest BCUT2D eigenvalue weighted by atomic mass is 10.2. The van der Waals surface area contributed by atoms with Crippen LogP contribution in [0.4, 0.5) is 10.1 Å². The Morgan fingerprint density at radius 1 is 1.11 bits per heavy atom. The first kappa shape index (κ1) is 19.4. The number of aryl methyl sites for hydroxylation is 1. The molecule has 0 saturated heterocycles. The van der Waals surface area contributed by atoms with Crippen molar-refractivity contribution in [3.05, 3.63) is 66.6 Å². The summed E-state index contributed by atoms with van der Waals surface area (Å²) in [7, 11) is 1.65. The molecule has 0 aliphatic heterocycles. The maximum absolute atomic E-state index is 13.1. The Labute approximate surface area is 163 Å². The summed E-state index contributed by atoms with van der Waals surface area (Å²) in [5.41, 5.74) is 1.65. The number of hydrogen-bond acceptors (Lipinski definition) is 2. The van der Waals surface area contributed by atoms with E-state index in [1.54, 1.807) is 19.2 Å². The van der Waals surface area contributed by atoms with E-state index in [1.807, 2.05) is 12.1 Å². The first-order valence-corrected chi connectivity index (χ1v) is 9.19. The zero-order chi connectivity index (χ0) is 19.8. The Balaban J connectivity index is 1.39. The second-order valence-electron chi connectivity index (χ2n) is 6.33. The van der Waals surface area contributed by atoms with Gasteiger partial charge in [-0.25, -0.2) is 4.39 Å². The predicted molar refractivity (Wildman–Crippen MR) is 111 cm³/mol. The number of amides is 1. The molecule has 0 radical (unpaired) electrons. The fraction of sp³-hybridized carbons (Fsp3) is 0.238. The number of para-hydroxylation sites is 1. The molecule has 0 aliphatic carbocycles. The van der Waals surface area contributed by atoms with Crippen molar-refractivity contribution in [2.24, 2.45) is 4.99 Å². The number of benzene rings is 2. The van der Waals surface area contributed by atoms with Crippen LogP contribution in [-0.4, -0.2) is 36.6 Å². The van der Waals surface area contributed by atoms with Crippen molar-refractivity contribution in [3.63, 3.8) is 0 Å². The zero-order valence-corrected chi connectivity index (χ0v) is 15.8. The van der Waals surface area contributed by atoms with Crippen molar-refractivity contribution in [2.75, 3.05) is 25.5 Å². The first-order valence-electron chi connectivity index (χ1n) is 9.19. The average molecular weight is 381 g/mol. The van der Waals surface area contributed by atoms with Crippen LogP contribution in [0.15, 0.2) is 65.8 Å². The molecule has 0 bridgehead atoms. The summed E-state index contributed by atoms with van der Waals surface area (Å²) in [4.78, 5) is 16.1. The Hall–Kier alpha value is -3.35. The highest BCUT2D eigenvalue weighted by Crippen LogP contribution is 2.15. The van der Waals surface area contributed by atoms with Crippen molar-refractivity contribution in [1.82, 2.24) is 15.2 Å². The molecule has 0 atom stereocenters. The van der Waals surface area contributed by atoms with Crippen LogP contribution in [0.1, 0.15) is 6.42 Å². The van der Waals surface area contributed by atoms with Gasteiger partial charge in [0.15, 0.2) is 5.96 Å². The summed E-state index contributed by atoms with van der Waals surface area (Å²) < 4.78 is 15.4. The number of fused-ring (bicyclic) bond motifs is 1. The molecule has 1 heterocycles. The third kappa shape index (κ3) is 5.33. The minimum absolute atomic E-state index is 0.0401. The van der Waals surface area contributed by atoms with Crippen molar-refractivity contribution in [2.45, 2.75) is 13.0 Å². The summed E-state index contributed by atoms with van der Waals surface area (Å²) in [6.45, 7) is 1.65. The number of carbonyl (C=O) groups is 1. The number of guanidine groups is 1. The quantitative estimate of drug-likeness (QED) is 0.335. The summed E-state index contributed by atoms with van der Waals surface area (Å²) >= 11 is 0. The molecule has 6 nitrogen and oxygen atoms in total. The number of hydrogen-bond donors (Lipinski definition) is 3. The molecule has 3 aromatic rings. The average Bonchev–Trinajstić information content (AvgIpc) is 3.10. The molecule has 1 aromatic heterocycles. The molecule has 3 N–H and O–H groups in total. The van der Waals surface area contributed by atoms with Gasteiger partial charge in [0, 0.05) is 37.5 Å². The van der Waals surface area contributed by atoms with Crippen LogP contribution in [0, 0.1) is 5.82 Å². The van der Waals surface area contributed by atoms with Crippen LogP contribution in [0.5, 0.6) is 0 Å². The monoisotopic (exact) mass is 381 g/mol. The van der Waals surface area contributed by atoms with Crippen LogP contribution < -0.4 is 16.0 Å². The SMILES string of the molecule is CN=C(NCCCn1ccc2ccccc21)NCC(=O)Nc1cccc(F)c1. The van der Waals surface area contributed by atoms with Crippen LogP contribution in [0.3, 0.4) is 0 Å². The maximum Gasteiger partial charge on any atom is 0.243 e. The van der Waals surface area contributed by atoms with Gasteiger partial charge in [-0.15, -0.1) is 0 Å². The highest BCUT2D eigenvalue weighted by Gasteiger charge is 2.05. The van der Waals surface area contributed by atoms with Gasteiger partial charge in [-0.05, 0) is 42.1 Å². The van der Waals surface area contributed by atoms with Gasteiger partial charge in [-0.1, -0.05) is 24.3 Å². The minimum Gasteiger partial charge on any atom is -0.356 e. The van der Waals surface area contributed by atoms with E-state index in [0.29, 0.717) is 11.6 Å². The van der Waals surface area contributed by atoms with E-state index >= 15 is 0 Å². The lowest BCUT2D eigenvalue weighted by Gasteiger charge is -2.12. The zero-order valence-electron chi connectivity index (χ0n) is 15.8. The molecule has 2 aromatic carbocycles. The summed E-state index contributed by atoms with van der Waals surface area (Å²) in [6, 6.07) is 16.2. The maximum atomic E-state index is 13.1. The number of rotatable bonds is 7. The standard InChI is InChI=1S/C21H24FN5O/c1-23-21(25-15-20(28)26-18-8-4-7-17(22)14-18)24-11-5-12-27-13-10-16-6-2-3-9-19(16)27/h2-4,6-10,13-14H,5,11-12,15H2,1H3,(H,26,28)(H2,23,24,25). The van der Waals surface area contributed by atoms with Crippen molar-refractivity contribution in [1.29, 1.82) is 0 Å². The predicted octanol–water partition coefficient (Wildman–Crippen LogP) is 2.97. The molecule has 3 rings (SSSR count). The van der Waals surface area contributed by atoms with Crippen molar-refractivity contribution in [3.8, 4) is 0 Å². The molecule has 0 aliphatic rings. The van der Waals surface area contributed by atoms with Gasteiger partial charge in [-0.3, -0.25) is 9.79 Å². The molecular formula is C21H24FN5O. The molecule has 146 valence electrons. The topological polar surface area (TPSA) is 70.5 Å². The number of nitrogens with one attached hydrogen (secondary N) is 3. The molecule has 0 fully saturated rings. The number of carbonyl (C=O) groups excluding carboxylic acids is 1. The van der Waals surface area contributed by atoms with E-state index in [9.17, 15) is 9.18 Å². The summed E-state index contributed by atoms with van der Waals surface area (Å²) in [6.07, 6.45) is 3.00. The van der Waals surface area contributed by atoms with E-state index < -0.39 is 5.82 Å². The minimum atomic E-state index is -0.390. The summed E-state index contributed by atoms with van der Waals surface area (Å²) in [5, 5.41) is 10.0. The highest BCUT2D eigenvalue weighted by atomic mass is 19.1. The lowest BCUT2D eigenvalue weighted by molar-refractivity contribution is -0.115. The fourth-order valence-electron chi connectivity index (χ4n) is 2.95. The fourth-order valence-corrected chi connectivity index (χ4v) is 2.95. The molecule has 0 saturated carbocycles. The van der Waals surface area contributed by atoms with E-state index in [-0.39, 0.29) is 12.5 Å². The number of halogens is 1. The number of aromatic nitrogens is 1. The van der Waals surface area contributed by atoms with Crippen molar-refractivity contribution >= 4 is 28.5 Å². The Morgan fingerprint density at radius 3 is 2.79 bits per heavy atom. The van der Waals surface area contributed by atoms with Gasteiger partial charge in [0.2, 0.25) is 5.91 Å². The largest absolute Gasteiger partial charge is 0.356 e. The number of anilines is 1. The Bertz CT molecular complexity index is 966. The molecule has 1 amide bonds.